The molecule has 2 atom stereocenters. The number of aromatic nitrogens is 2. The molecular weight excluding hydrogens is 460 g/mol. The smallest absolute Gasteiger partial charge is 0.260 e. The minimum absolute atomic E-state index is 0.0681. The second-order valence-corrected chi connectivity index (χ2v) is 11.4. The Morgan fingerprint density at radius 1 is 1.17 bits per heavy atom. The van der Waals surface area contributed by atoms with Crippen LogP contribution in [0.5, 0.6) is 0 Å². The second-order valence-electron chi connectivity index (χ2n) is 9.73. The quantitative estimate of drug-likeness (QED) is 0.567. The Morgan fingerprint density at radius 2 is 1.77 bits per heavy atom. The number of carbonyl (C=O) groups excluding carboxylic acids is 1. The molecule has 8 nitrogen and oxygen atoms in total. The molecule has 9 heteroatoms. The minimum atomic E-state index is -3.47. The van der Waals surface area contributed by atoms with E-state index in [1.807, 2.05) is 33.0 Å². The summed E-state index contributed by atoms with van der Waals surface area (Å²) in [6, 6.07) is 6.45. The number of carbonyl (C=O) groups is 1. The summed E-state index contributed by atoms with van der Waals surface area (Å²) in [5.74, 6) is 0.210. The van der Waals surface area contributed by atoms with Gasteiger partial charge in [-0.2, -0.15) is 5.10 Å². The maximum absolute atomic E-state index is 13.6. The van der Waals surface area contributed by atoms with Gasteiger partial charge in [-0.25, -0.2) is 9.35 Å². The van der Waals surface area contributed by atoms with E-state index in [1.165, 1.54) is 11.1 Å². The van der Waals surface area contributed by atoms with E-state index in [2.05, 4.69) is 48.1 Å². The first-order valence-electron chi connectivity index (χ1n) is 12.6. The summed E-state index contributed by atoms with van der Waals surface area (Å²) in [6.07, 6.45) is 5.49. The van der Waals surface area contributed by atoms with Gasteiger partial charge in [0.25, 0.3) is 5.91 Å². The topological polar surface area (TPSA) is 96.8 Å². The van der Waals surface area contributed by atoms with Gasteiger partial charge in [0.1, 0.15) is 0 Å². The summed E-state index contributed by atoms with van der Waals surface area (Å²) >= 11 is 0. The number of benzene rings is 1. The maximum Gasteiger partial charge on any atom is 0.260 e. The Bertz CT molecular complexity index is 1070. The molecule has 3 rings (SSSR count). The highest BCUT2D eigenvalue weighted by molar-refractivity contribution is 7.93. The monoisotopic (exact) mass is 504 g/mol. The zero-order valence-corrected chi connectivity index (χ0v) is 23.5. The van der Waals surface area contributed by atoms with E-state index in [0.29, 0.717) is 24.1 Å². The summed E-state index contributed by atoms with van der Waals surface area (Å²) in [7, 11) is 0.373. The van der Waals surface area contributed by atoms with E-state index in [-0.39, 0.29) is 12.5 Å². The average molecular weight is 505 g/mol. The van der Waals surface area contributed by atoms with Crippen molar-refractivity contribution in [2.75, 3.05) is 24.4 Å². The number of rotatable bonds is 8. The molecule has 35 heavy (non-hydrogen) atoms. The molecule has 0 bridgehead atoms. The second kappa shape index (κ2) is 12.6. The fourth-order valence-electron chi connectivity index (χ4n) is 4.22. The molecule has 0 saturated carbocycles. The van der Waals surface area contributed by atoms with Gasteiger partial charge in [0.05, 0.1) is 18.3 Å². The summed E-state index contributed by atoms with van der Waals surface area (Å²) < 4.78 is 20.8. The van der Waals surface area contributed by atoms with Crippen molar-refractivity contribution in [3.63, 3.8) is 0 Å². The third-order valence-corrected chi connectivity index (χ3v) is 7.76. The largest absolute Gasteiger partial charge is 0.302 e. The first-order chi connectivity index (χ1) is 16.5. The van der Waals surface area contributed by atoms with Gasteiger partial charge in [-0.1, -0.05) is 59.7 Å². The van der Waals surface area contributed by atoms with Gasteiger partial charge in [0, 0.05) is 25.8 Å². The Labute approximate surface area is 212 Å². The van der Waals surface area contributed by atoms with Crippen molar-refractivity contribution in [1.29, 1.82) is 0 Å². The van der Waals surface area contributed by atoms with Crippen LogP contribution in [0.25, 0.3) is 0 Å². The molecule has 1 aromatic carbocycles. The van der Waals surface area contributed by atoms with E-state index in [9.17, 15) is 9.00 Å². The molecule has 2 aromatic rings. The number of nitrogens with zero attached hydrogens (tertiary/aromatic N) is 5. The van der Waals surface area contributed by atoms with Gasteiger partial charge in [-0.05, 0) is 55.0 Å². The van der Waals surface area contributed by atoms with Gasteiger partial charge in [0.2, 0.25) is 10.1 Å². The predicted octanol–water partition coefficient (Wildman–Crippen LogP) is 4.62. The number of hydrogen-bond donors (Lipinski definition) is 1. The van der Waals surface area contributed by atoms with Crippen molar-refractivity contribution < 1.29 is 9.00 Å². The van der Waals surface area contributed by atoms with Crippen molar-refractivity contribution in [3.05, 3.63) is 47.3 Å². The molecule has 1 aromatic heterocycles. The van der Waals surface area contributed by atoms with Crippen LogP contribution in [0, 0.1) is 0 Å². The van der Waals surface area contributed by atoms with Crippen molar-refractivity contribution in [3.8, 4) is 0 Å². The molecule has 0 aliphatic carbocycles. The van der Waals surface area contributed by atoms with Gasteiger partial charge in [0.15, 0.2) is 0 Å². The number of amides is 1. The third-order valence-electron chi connectivity index (χ3n) is 6.30. The predicted molar refractivity (Wildman–Crippen MR) is 146 cm³/mol. The van der Waals surface area contributed by atoms with Crippen LogP contribution in [-0.4, -0.2) is 51.0 Å². The molecule has 2 N–H and O–H groups in total. The van der Waals surface area contributed by atoms with Crippen LogP contribution in [0.15, 0.2) is 35.0 Å². The summed E-state index contributed by atoms with van der Waals surface area (Å²) in [6.45, 7) is 13.9. The standard InChI is InChI=1S/C24H38N6O2S.C2H6/c1-17(2)20-10-19(11-21(13-20)18(3)4)12-24(31)27-33(25,32)30(23-14-26-29(6)15-23)16-22-8-7-9-28(22)5;1-2/h10-11,13-15,17-18,22H,7-9,12,16H2,1-6H3,(H2,25,27,31,32);1-2H3. The van der Waals surface area contributed by atoms with Crippen LogP contribution in [0.2, 0.25) is 0 Å². The van der Waals surface area contributed by atoms with Crippen molar-refractivity contribution in [2.45, 2.75) is 78.7 Å². The van der Waals surface area contributed by atoms with Crippen molar-refractivity contribution in [1.82, 2.24) is 14.7 Å². The van der Waals surface area contributed by atoms with Gasteiger partial charge in [-0.15, -0.1) is 4.36 Å². The van der Waals surface area contributed by atoms with E-state index in [1.54, 1.807) is 28.4 Å². The zero-order valence-electron chi connectivity index (χ0n) is 22.7. The lowest BCUT2D eigenvalue weighted by Gasteiger charge is -2.29. The number of nitrogens with two attached hydrogens (primary N) is 1. The molecular formula is C26H44N6O2S. The first-order valence-corrected chi connectivity index (χ1v) is 14.2. The van der Waals surface area contributed by atoms with Gasteiger partial charge >= 0.3 is 0 Å². The zero-order chi connectivity index (χ0) is 26.3. The van der Waals surface area contributed by atoms with E-state index < -0.39 is 16.0 Å². The third kappa shape index (κ3) is 7.88. The van der Waals surface area contributed by atoms with E-state index in [0.717, 1.165) is 24.9 Å². The molecule has 0 spiro atoms. The molecule has 196 valence electrons. The Kier molecular flexibility index (Phi) is 10.5. The summed E-state index contributed by atoms with van der Waals surface area (Å²) in [5, 5.41) is 10.4. The maximum atomic E-state index is 13.6. The lowest BCUT2D eigenvalue weighted by atomic mass is 9.92. The van der Waals surface area contributed by atoms with Crippen LogP contribution in [0.3, 0.4) is 0 Å². The molecule has 2 heterocycles. The highest BCUT2D eigenvalue weighted by atomic mass is 32.2. The number of hydrogen-bond acceptors (Lipinski definition) is 4. The van der Waals surface area contributed by atoms with E-state index >= 15 is 0 Å². The molecule has 0 radical (unpaired) electrons. The highest BCUT2D eigenvalue weighted by Crippen LogP contribution is 2.25. The Hall–Kier alpha value is -2.23. The molecule has 1 aliphatic heterocycles. The van der Waals surface area contributed by atoms with Crippen LogP contribution >= 0.6 is 0 Å². The number of likely N-dealkylation sites (N-methyl/N-ethyl adjacent to an activating group) is 1. The summed E-state index contributed by atoms with van der Waals surface area (Å²) in [5.41, 5.74) is 3.83. The van der Waals surface area contributed by atoms with Crippen LogP contribution in [0.4, 0.5) is 5.69 Å². The normalized spacial score (nSPS) is 17.7. The fourth-order valence-corrected chi connectivity index (χ4v) is 5.45. The lowest BCUT2D eigenvalue weighted by molar-refractivity contribution is -0.117. The number of anilines is 1. The average Bonchev–Trinajstić information content (AvgIpc) is 3.40. The van der Waals surface area contributed by atoms with Gasteiger partial charge in [-0.3, -0.25) is 13.8 Å². The molecule has 1 saturated heterocycles. The van der Waals surface area contributed by atoms with Crippen molar-refractivity contribution >= 4 is 21.7 Å². The molecule has 1 fully saturated rings. The Balaban J connectivity index is 0.00000210. The fraction of sp³-hybridized carbons (Fsp3) is 0.615. The van der Waals surface area contributed by atoms with Gasteiger partial charge < -0.3 is 4.90 Å². The number of likely N-dealkylation sites (tertiary alicyclic amines) is 1. The van der Waals surface area contributed by atoms with Crippen molar-refractivity contribution in [2.24, 2.45) is 16.5 Å². The van der Waals surface area contributed by atoms with Crippen LogP contribution in [0.1, 0.15) is 82.9 Å². The summed E-state index contributed by atoms with van der Waals surface area (Å²) in [4.78, 5) is 15.2. The first kappa shape index (κ1) is 29.0. The molecule has 2 unspecified atom stereocenters. The Morgan fingerprint density at radius 3 is 2.23 bits per heavy atom. The minimum Gasteiger partial charge on any atom is -0.302 e. The van der Waals surface area contributed by atoms with E-state index in [4.69, 9.17) is 5.14 Å². The van der Waals surface area contributed by atoms with Crippen LogP contribution in [-0.2, 0) is 28.4 Å². The number of aryl methyl sites for hydroxylation is 1. The lowest BCUT2D eigenvalue weighted by Crippen LogP contribution is -2.45. The SMILES string of the molecule is CC.CC(C)c1cc(CC(=O)N=S(N)(=O)N(CC2CCCN2C)c2cnn(C)c2)cc(C(C)C)c1. The highest BCUT2D eigenvalue weighted by Gasteiger charge is 2.28. The molecule has 1 amide bonds. The van der Waals surface area contributed by atoms with Crippen LogP contribution < -0.4 is 9.44 Å². The molecule has 1 aliphatic rings.